The molecule has 0 aliphatic carbocycles. The molecule has 68 valence electrons. The second-order valence-corrected chi connectivity index (χ2v) is 2.02. The van der Waals surface area contributed by atoms with Crippen molar-refractivity contribution in [3.05, 3.63) is 12.4 Å². The number of aromatic nitrogens is 2. The number of H-pyrrole nitrogens is 1. The van der Waals surface area contributed by atoms with Gasteiger partial charge in [-0.25, -0.2) is 4.98 Å². The Morgan fingerprint density at radius 1 is 1.75 bits per heavy atom. The first kappa shape index (κ1) is 10.9. The van der Waals surface area contributed by atoms with Crippen molar-refractivity contribution in [2.24, 2.45) is 5.73 Å². The van der Waals surface area contributed by atoms with Crippen LogP contribution in [-0.4, -0.2) is 22.4 Å². The summed E-state index contributed by atoms with van der Waals surface area (Å²) in [6.45, 7) is 0.354. The molecule has 0 bridgehead atoms. The number of hydrogen-bond acceptors (Lipinski definition) is 3. The Morgan fingerprint density at radius 3 is 3.00 bits per heavy atom. The fraction of sp³-hybridized carbons (Fsp3) is 0.333. The predicted octanol–water partition coefficient (Wildman–Crippen LogP) is 0.119. The zero-order chi connectivity index (χ0) is 8.10. The normalized spacial score (nSPS) is 8.75. The van der Waals surface area contributed by atoms with Gasteiger partial charge in [0.1, 0.15) is 0 Å². The summed E-state index contributed by atoms with van der Waals surface area (Å²) in [5.41, 5.74) is 5.17. The van der Waals surface area contributed by atoms with E-state index >= 15 is 0 Å². The summed E-state index contributed by atoms with van der Waals surface area (Å²) in [6, 6.07) is 0. The molecule has 0 aliphatic heterocycles. The second kappa shape index (κ2) is 5.56. The highest BCUT2D eigenvalue weighted by Crippen LogP contribution is 1.94. The molecule has 1 heterocycles. The van der Waals surface area contributed by atoms with Gasteiger partial charge >= 0.3 is 0 Å². The highest BCUT2D eigenvalue weighted by molar-refractivity contribution is 5.88. The minimum atomic E-state index is -0.123. The molecule has 1 rings (SSSR count). The molecule has 0 unspecified atom stereocenters. The van der Waals surface area contributed by atoms with Crippen molar-refractivity contribution in [2.45, 2.75) is 6.42 Å². The summed E-state index contributed by atoms with van der Waals surface area (Å²) in [7, 11) is 0. The van der Waals surface area contributed by atoms with Gasteiger partial charge in [0.05, 0.1) is 0 Å². The van der Waals surface area contributed by atoms with Crippen LogP contribution in [0.15, 0.2) is 12.4 Å². The predicted molar refractivity (Wildman–Crippen MR) is 48.1 cm³/mol. The van der Waals surface area contributed by atoms with E-state index in [1.165, 1.54) is 0 Å². The van der Waals surface area contributed by atoms with Crippen LogP contribution in [0.1, 0.15) is 6.42 Å². The van der Waals surface area contributed by atoms with Crippen molar-refractivity contribution < 1.29 is 4.79 Å². The first-order chi connectivity index (χ1) is 5.33. The Kier molecular flexibility index (Phi) is 5.07. The molecule has 1 aromatic rings. The first-order valence-corrected chi connectivity index (χ1v) is 3.32. The maximum atomic E-state index is 10.9. The third-order valence-electron chi connectivity index (χ3n) is 1.13. The maximum Gasteiger partial charge on any atom is 0.227 e. The van der Waals surface area contributed by atoms with E-state index in [-0.39, 0.29) is 18.3 Å². The van der Waals surface area contributed by atoms with Gasteiger partial charge in [0.2, 0.25) is 11.9 Å². The van der Waals surface area contributed by atoms with Crippen molar-refractivity contribution in [1.82, 2.24) is 9.97 Å². The lowest BCUT2D eigenvalue weighted by Gasteiger charge is -1.97. The number of nitrogens with two attached hydrogens (primary N) is 1. The molecule has 1 amide bonds. The minimum Gasteiger partial charge on any atom is -0.331 e. The number of rotatable bonds is 3. The Labute approximate surface area is 76.2 Å². The van der Waals surface area contributed by atoms with Crippen LogP contribution < -0.4 is 11.1 Å². The fourth-order valence-electron chi connectivity index (χ4n) is 0.659. The summed E-state index contributed by atoms with van der Waals surface area (Å²) in [6.07, 6.45) is 3.52. The van der Waals surface area contributed by atoms with Crippen molar-refractivity contribution in [2.75, 3.05) is 11.9 Å². The number of nitrogens with zero attached hydrogens (tertiary/aromatic N) is 1. The first-order valence-electron chi connectivity index (χ1n) is 3.32. The molecule has 0 spiro atoms. The molecular formula is C6H11ClN4O. The van der Waals surface area contributed by atoms with Crippen LogP contribution in [0.2, 0.25) is 0 Å². The summed E-state index contributed by atoms with van der Waals surface area (Å²) >= 11 is 0. The van der Waals surface area contributed by atoms with Gasteiger partial charge in [0.15, 0.2) is 0 Å². The molecule has 0 aromatic carbocycles. The third kappa shape index (κ3) is 3.36. The Morgan fingerprint density at radius 2 is 2.50 bits per heavy atom. The molecule has 4 N–H and O–H groups in total. The molecule has 0 atom stereocenters. The smallest absolute Gasteiger partial charge is 0.227 e. The summed E-state index contributed by atoms with van der Waals surface area (Å²) in [5.74, 6) is 0.339. The number of carbonyl (C=O) groups is 1. The van der Waals surface area contributed by atoms with E-state index in [0.29, 0.717) is 18.9 Å². The summed E-state index contributed by atoms with van der Waals surface area (Å²) in [5, 5.41) is 2.54. The van der Waals surface area contributed by atoms with Crippen molar-refractivity contribution >= 4 is 24.3 Å². The molecule has 6 heteroatoms. The van der Waals surface area contributed by atoms with Crippen LogP contribution in [0.5, 0.6) is 0 Å². The molecule has 0 saturated heterocycles. The SMILES string of the molecule is Cl.NCCC(=O)Nc1ncc[nH]1. The standard InChI is InChI=1S/C6H10N4O.ClH/c7-2-1-5(11)10-6-8-3-4-9-6;/h3-4H,1-2,7H2,(H2,8,9,10,11);1H. The van der Waals surface area contributed by atoms with Crippen LogP contribution >= 0.6 is 12.4 Å². The molecule has 0 saturated carbocycles. The van der Waals surface area contributed by atoms with E-state index in [0.717, 1.165) is 0 Å². The number of nitrogens with one attached hydrogen (secondary N) is 2. The van der Waals surface area contributed by atoms with E-state index < -0.39 is 0 Å². The van der Waals surface area contributed by atoms with E-state index in [1.807, 2.05) is 0 Å². The third-order valence-corrected chi connectivity index (χ3v) is 1.13. The number of imidazole rings is 1. The number of hydrogen-bond donors (Lipinski definition) is 3. The van der Waals surface area contributed by atoms with Gasteiger partial charge in [-0.05, 0) is 0 Å². The second-order valence-electron chi connectivity index (χ2n) is 2.02. The van der Waals surface area contributed by atoms with Gasteiger partial charge in [-0.1, -0.05) is 0 Å². The number of aromatic amines is 1. The largest absolute Gasteiger partial charge is 0.331 e. The molecular weight excluding hydrogens is 180 g/mol. The highest BCUT2D eigenvalue weighted by atomic mass is 35.5. The van der Waals surface area contributed by atoms with Crippen LogP contribution in [0.25, 0.3) is 0 Å². The van der Waals surface area contributed by atoms with Gasteiger partial charge in [-0.2, -0.15) is 0 Å². The molecule has 1 aromatic heterocycles. The fourth-order valence-corrected chi connectivity index (χ4v) is 0.659. The van der Waals surface area contributed by atoms with Gasteiger partial charge < -0.3 is 10.7 Å². The lowest BCUT2D eigenvalue weighted by Crippen LogP contribution is -2.16. The Balaban J connectivity index is 0.00000121. The summed E-state index contributed by atoms with van der Waals surface area (Å²) in [4.78, 5) is 17.4. The number of halogens is 1. The topological polar surface area (TPSA) is 83.8 Å². The number of amides is 1. The van der Waals surface area contributed by atoms with Crippen LogP contribution in [0.4, 0.5) is 5.95 Å². The Hall–Kier alpha value is -1.07. The average Bonchev–Trinajstić information content (AvgIpc) is 2.40. The lowest BCUT2D eigenvalue weighted by molar-refractivity contribution is -0.116. The van der Waals surface area contributed by atoms with E-state index in [4.69, 9.17) is 5.73 Å². The minimum absolute atomic E-state index is 0. The van der Waals surface area contributed by atoms with Crippen molar-refractivity contribution in [1.29, 1.82) is 0 Å². The van der Waals surface area contributed by atoms with Gasteiger partial charge in [0, 0.05) is 25.4 Å². The van der Waals surface area contributed by atoms with Crippen LogP contribution in [-0.2, 0) is 4.79 Å². The zero-order valence-corrected chi connectivity index (χ0v) is 7.23. The van der Waals surface area contributed by atoms with Crippen LogP contribution in [0.3, 0.4) is 0 Å². The van der Waals surface area contributed by atoms with E-state index in [9.17, 15) is 4.79 Å². The van der Waals surface area contributed by atoms with Crippen molar-refractivity contribution in [3.63, 3.8) is 0 Å². The maximum absolute atomic E-state index is 10.9. The molecule has 5 nitrogen and oxygen atoms in total. The molecule has 0 radical (unpaired) electrons. The van der Waals surface area contributed by atoms with E-state index in [2.05, 4.69) is 15.3 Å². The molecule has 0 fully saturated rings. The number of anilines is 1. The van der Waals surface area contributed by atoms with Crippen LogP contribution in [0, 0.1) is 0 Å². The highest BCUT2D eigenvalue weighted by Gasteiger charge is 2.00. The average molecular weight is 191 g/mol. The molecule has 0 aliphatic rings. The molecule has 12 heavy (non-hydrogen) atoms. The summed E-state index contributed by atoms with van der Waals surface area (Å²) < 4.78 is 0. The van der Waals surface area contributed by atoms with Crippen molar-refractivity contribution in [3.8, 4) is 0 Å². The lowest BCUT2D eigenvalue weighted by atomic mass is 10.4. The van der Waals surface area contributed by atoms with E-state index in [1.54, 1.807) is 12.4 Å². The zero-order valence-electron chi connectivity index (χ0n) is 6.41. The monoisotopic (exact) mass is 190 g/mol. The van der Waals surface area contributed by atoms with Gasteiger partial charge in [-0.15, -0.1) is 12.4 Å². The quantitative estimate of drug-likeness (QED) is 0.633. The Bertz CT molecular complexity index is 223. The van der Waals surface area contributed by atoms with Gasteiger partial charge in [-0.3, -0.25) is 10.1 Å². The van der Waals surface area contributed by atoms with Gasteiger partial charge in [0.25, 0.3) is 0 Å². The number of carbonyl (C=O) groups excluding carboxylic acids is 1.